The minimum atomic E-state index is -3.53. The summed E-state index contributed by atoms with van der Waals surface area (Å²) in [5.74, 6) is 0. The van der Waals surface area contributed by atoms with Crippen LogP contribution in [-0.4, -0.2) is 19.3 Å². The minimum Gasteiger partial charge on any atom is -0.399 e. The molecule has 0 amide bonds. The van der Waals surface area contributed by atoms with Crippen molar-refractivity contribution in [3.05, 3.63) is 58.6 Å². The third-order valence-electron chi connectivity index (χ3n) is 3.15. The molecule has 0 fully saturated rings. The van der Waals surface area contributed by atoms with Crippen molar-refractivity contribution in [2.75, 3.05) is 12.3 Å². The molecule has 0 saturated carbocycles. The first-order chi connectivity index (χ1) is 9.95. The van der Waals surface area contributed by atoms with Crippen LogP contribution in [0.5, 0.6) is 0 Å². The van der Waals surface area contributed by atoms with E-state index < -0.39 is 10.0 Å². The van der Waals surface area contributed by atoms with Gasteiger partial charge in [-0.2, -0.15) is 4.31 Å². The molecule has 21 heavy (non-hydrogen) atoms. The molecule has 2 aromatic rings. The van der Waals surface area contributed by atoms with Crippen molar-refractivity contribution in [3.63, 3.8) is 0 Å². The van der Waals surface area contributed by atoms with Gasteiger partial charge in [-0.1, -0.05) is 31.2 Å². The number of anilines is 1. The van der Waals surface area contributed by atoms with Crippen molar-refractivity contribution < 1.29 is 8.42 Å². The van der Waals surface area contributed by atoms with Gasteiger partial charge in [-0.05, 0) is 45.8 Å². The summed E-state index contributed by atoms with van der Waals surface area (Å²) in [6.07, 6.45) is 0. The first kappa shape index (κ1) is 16.0. The van der Waals surface area contributed by atoms with Gasteiger partial charge in [0, 0.05) is 23.2 Å². The fourth-order valence-electron chi connectivity index (χ4n) is 1.99. The second kappa shape index (κ2) is 6.60. The Bertz CT molecular complexity index is 715. The van der Waals surface area contributed by atoms with E-state index in [1.54, 1.807) is 36.4 Å². The van der Waals surface area contributed by atoms with Crippen molar-refractivity contribution >= 4 is 31.6 Å². The smallest absolute Gasteiger partial charge is 0.244 e. The highest BCUT2D eigenvalue weighted by atomic mass is 79.9. The third-order valence-corrected chi connectivity index (χ3v) is 6.08. The van der Waals surface area contributed by atoms with E-state index in [9.17, 15) is 8.42 Å². The Kier molecular flexibility index (Phi) is 5.03. The number of nitrogen functional groups attached to an aromatic ring is 1. The summed E-state index contributed by atoms with van der Waals surface area (Å²) in [5, 5.41) is 0. The van der Waals surface area contributed by atoms with E-state index in [1.807, 2.05) is 19.1 Å². The summed E-state index contributed by atoms with van der Waals surface area (Å²) in [7, 11) is -3.53. The summed E-state index contributed by atoms with van der Waals surface area (Å²) >= 11 is 3.30. The molecular weight excluding hydrogens is 352 g/mol. The van der Waals surface area contributed by atoms with Crippen LogP contribution >= 0.6 is 15.9 Å². The van der Waals surface area contributed by atoms with Gasteiger partial charge in [0.15, 0.2) is 0 Å². The Morgan fingerprint density at radius 1 is 1.10 bits per heavy atom. The van der Waals surface area contributed by atoms with E-state index >= 15 is 0 Å². The monoisotopic (exact) mass is 368 g/mol. The first-order valence-corrected chi connectivity index (χ1v) is 8.77. The molecule has 0 aliphatic rings. The predicted octanol–water partition coefficient (Wildman–Crippen LogP) is 3.24. The molecule has 0 spiro atoms. The van der Waals surface area contributed by atoms with E-state index in [0.717, 1.165) is 5.56 Å². The van der Waals surface area contributed by atoms with Gasteiger partial charge in [0.25, 0.3) is 0 Å². The van der Waals surface area contributed by atoms with Gasteiger partial charge < -0.3 is 5.73 Å². The fourth-order valence-corrected chi connectivity index (χ4v) is 4.39. The van der Waals surface area contributed by atoms with E-state index in [1.165, 1.54) is 4.31 Å². The maximum absolute atomic E-state index is 12.7. The van der Waals surface area contributed by atoms with Gasteiger partial charge in [-0.25, -0.2) is 8.42 Å². The number of nitrogens with zero attached hydrogens (tertiary/aromatic N) is 1. The molecule has 0 unspecified atom stereocenters. The van der Waals surface area contributed by atoms with Gasteiger partial charge in [-0.3, -0.25) is 0 Å². The van der Waals surface area contributed by atoms with E-state index in [4.69, 9.17) is 5.73 Å². The summed E-state index contributed by atoms with van der Waals surface area (Å²) in [4.78, 5) is 0.280. The second-order valence-electron chi connectivity index (χ2n) is 4.60. The molecule has 2 aromatic carbocycles. The highest BCUT2D eigenvalue weighted by molar-refractivity contribution is 9.10. The van der Waals surface area contributed by atoms with Gasteiger partial charge in [-0.15, -0.1) is 0 Å². The lowest BCUT2D eigenvalue weighted by atomic mass is 10.2. The molecule has 6 heteroatoms. The Hall–Kier alpha value is -1.37. The minimum absolute atomic E-state index is 0.280. The van der Waals surface area contributed by atoms with Crippen molar-refractivity contribution in [2.24, 2.45) is 0 Å². The molecular formula is C15H17BrN2O2S. The third kappa shape index (κ3) is 3.64. The van der Waals surface area contributed by atoms with Crippen molar-refractivity contribution in [3.8, 4) is 0 Å². The lowest BCUT2D eigenvalue weighted by Gasteiger charge is -2.21. The fraction of sp³-hybridized carbons (Fsp3) is 0.200. The van der Waals surface area contributed by atoms with Crippen LogP contribution in [0, 0.1) is 0 Å². The Labute approximate surface area is 133 Å². The Morgan fingerprint density at radius 3 is 2.29 bits per heavy atom. The average molecular weight is 369 g/mol. The standard InChI is InChI=1S/C15H17BrN2O2S/c1-2-18(11-12-7-9-13(17)10-8-12)21(19,20)15-6-4-3-5-14(15)16/h3-10H,2,11,17H2,1H3. The molecule has 0 saturated heterocycles. The summed E-state index contributed by atoms with van der Waals surface area (Å²) < 4.78 is 27.5. The lowest BCUT2D eigenvalue weighted by molar-refractivity contribution is 0.423. The zero-order valence-electron chi connectivity index (χ0n) is 11.7. The molecule has 112 valence electrons. The van der Waals surface area contributed by atoms with E-state index in [2.05, 4.69) is 15.9 Å². The van der Waals surface area contributed by atoms with Crippen LogP contribution in [0.2, 0.25) is 0 Å². The number of benzene rings is 2. The molecule has 0 aliphatic carbocycles. The van der Waals surface area contributed by atoms with Crippen molar-refractivity contribution in [2.45, 2.75) is 18.4 Å². The molecule has 2 rings (SSSR count). The van der Waals surface area contributed by atoms with Crippen LogP contribution in [-0.2, 0) is 16.6 Å². The summed E-state index contributed by atoms with van der Waals surface area (Å²) in [6, 6.07) is 14.1. The summed E-state index contributed by atoms with van der Waals surface area (Å²) in [6.45, 7) is 2.54. The molecule has 0 bridgehead atoms. The number of hydrogen-bond donors (Lipinski definition) is 1. The van der Waals surface area contributed by atoms with Crippen LogP contribution in [0.3, 0.4) is 0 Å². The largest absolute Gasteiger partial charge is 0.399 e. The van der Waals surface area contributed by atoms with Crippen molar-refractivity contribution in [1.82, 2.24) is 4.31 Å². The lowest BCUT2D eigenvalue weighted by Crippen LogP contribution is -2.30. The Morgan fingerprint density at radius 2 is 1.71 bits per heavy atom. The van der Waals surface area contributed by atoms with Gasteiger partial charge in [0.05, 0.1) is 4.90 Å². The zero-order valence-corrected chi connectivity index (χ0v) is 14.1. The number of sulfonamides is 1. The quantitative estimate of drug-likeness (QED) is 0.823. The van der Waals surface area contributed by atoms with Crippen LogP contribution in [0.1, 0.15) is 12.5 Å². The van der Waals surface area contributed by atoms with Crippen LogP contribution in [0.4, 0.5) is 5.69 Å². The highest BCUT2D eigenvalue weighted by Crippen LogP contribution is 2.25. The first-order valence-electron chi connectivity index (χ1n) is 6.54. The average Bonchev–Trinajstić information content (AvgIpc) is 2.46. The van der Waals surface area contributed by atoms with Gasteiger partial charge in [0.1, 0.15) is 0 Å². The number of halogens is 1. The molecule has 0 aliphatic heterocycles. The summed E-state index contributed by atoms with van der Waals surface area (Å²) in [5.41, 5.74) is 7.22. The van der Waals surface area contributed by atoms with Crippen LogP contribution < -0.4 is 5.73 Å². The van der Waals surface area contributed by atoms with E-state index in [0.29, 0.717) is 23.2 Å². The van der Waals surface area contributed by atoms with Crippen LogP contribution in [0.15, 0.2) is 57.9 Å². The number of rotatable bonds is 5. The normalized spacial score (nSPS) is 11.8. The molecule has 0 aromatic heterocycles. The molecule has 4 nitrogen and oxygen atoms in total. The van der Waals surface area contributed by atoms with Gasteiger partial charge >= 0.3 is 0 Å². The van der Waals surface area contributed by atoms with Crippen molar-refractivity contribution in [1.29, 1.82) is 0 Å². The number of nitrogens with two attached hydrogens (primary N) is 1. The number of hydrogen-bond acceptors (Lipinski definition) is 3. The zero-order chi connectivity index (χ0) is 15.5. The second-order valence-corrected chi connectivity index (χ2v) is 7.36. The SMILES string of the molecule is CCN(Cc1ccc(N)cc1)S(=O)(=O)c1ccccc1Br. The highest BCUT2D eigenvalue weighted by Gasteiger charge is 2.25. The topological polar surface area (TPSA) is 63.4 Å². The molecule has 0 radical (unpaired) electrons. The maximum Gasteiger partial charge on any atom is 0.244 e. The Balaban J connectivity index is 2.32. The van der Waals surface area contributed by atoms with E-state index in [-0.39, 0.29) is 4.90 Å². The molecule has 2 N–H and O–H groups in total. The van der Waals surface area contributed by atoms with Crippen LogP contribution in [0.25, 0.3) is 0 Å². The molecule has 0 heterocycles. The maximum atomic E-state index is 12.7. The predicted molar refractivity (Wildman–Crippen MR) is 88.3 cm³/mol. The molecule has 0 atom stereocenters. The van der Waals surface area contributed by atoms with Gasteiger partial charge in [0.2, 0.25) is 10.0 Å².